The zero-order valence-corrected chi connectivity index (χ0v) is 11.8. The van der Waals surface area contributed by atoms with Gasteiger partial charge < -0.3 is 4.74 Å². The molecule has 18 heavy (non-hydrogen) atoms. The second kappa shape index (κ2) is 4.35. The molecule has 1 aromatic rings. The fraction of sp³-hybridized carbons (Fsp3) is 0.333. The second-order valence-corrected chi connectivity index (χ2v) is 5.72. The van der Waals surface area contributed by atoms with Gasteiger partial charge in [0, 0.05) is 12.6 Å². The van der Waals surface area contributed by atoms with Crippen LogP contribution < -0.4 is 4.74 Å². The average molecular weight is 315 g/mol. The summed E-state index contributed by atoms with van der Waals surface area (Å²) in [6.45, 7) is 1.69. The number of hydrazone groups is 1. The minimum absolute atomic E-state index is 0.160. The van der Waals surface area contributed by atoms with E-state index in [9.17, 15) is 9.18 Å². The summed E-state index contributed by atoms with van der Waals surface area (Å²) in [6.07, 6.45) is 0. The van der Waals surface area contributed by atoms with Crippen LogP contribution >= 0.6 is 15.9 Å². The molecule has 0 spiro atoms. The molecule has 2 rings (SSSR count). The predicted molar refractivity (Wildman–Crippen MR) is 69.6 cm³/mol. The number of hydrogen-bond acceptors (Lipinski definition) is 3. The summed E-state index contributed by atoms with van der Waals surface area (Å²) in [5, 5.41) is 5.38. The lowest BCUT2D eigenvalue weighted by Gasteiger charge is -2.16. The molecule has 0 N–H and O–H groups in total. The first-order valence-electron chi connectivity index (χ1n) is 5.28. The first-order chi connectivity index (χ1) is 8.37. The maximum Gasteiger partial charge on any atom is 0.265 e. The van der Waals surface area contributed by atoms with Gasteiger partial charge in [0.05, 0.1) is 12.8 Å². The molecule has 0 aliphatic carbocycles. The van der Waals surface area contributed by atoms with Crippen LogP contribution in [0.4, 0.5) is 4.39 Å². The molecule has 1 aliphatic heterocycles. The molecule has 1 atom stereocenters. The van der Waals surface area contributed by atoms with Gasteiger partial charge in [-0.2, -0.15) is 5.10 Å². The molecule has 0 radical (unpaired) electrons. The molecule has 0 saturated heterocycles. The molecule has 1 heterocycles. The van der Waals surface area contributed by atoms with Crippen molar-refractivity contribution in [2.75, 3.05) is 14.2 Å². The van der Waals surface area contributed by atoms with Gasteiger partial charge in [0.1, 0.15) is 4.32 Å². The Morgan fingerprint density at radius 1 is 1.50 bits per heavy atom. The van der Waals surface area contributed by atoms with Crippen LogP contribution in [0.15, 0.2) is 23.3 Å². The van der Waals surface area contributed by atoms with Gasteiger partial charge in [0.25, 0.3) is 5.91 Å². The molecule has 0 aromatic heterocycles. The summed E-state index contributed by atoms with van der Waals surface area (Å²) < 4.78 is 17.6. The smallest absolute Gasteiger partial charge is 0.265 e. The zero-order valence-electron chi connectivity index (χ0n) is 10.2. The number of carbonyl (C=O) groups is 1. The predicted octanol–water partition coefficient (Wildman–Crippen LogP) is 2.16. The van der Waals surface area contributed by atoms with E-state index in [0.29, 0.717) is 11.3 Å². The molecular formula is C12H12BrFN2O2. The van der Waals surface area contributed by atoms with Gasteiger partial charge in [-0.15, -0.1) is 0 Å². The van der Waals surface area contributed by atoms with Gasteiger partial charge in [-0.1, -0.05) is 15.9 Å². The highest BCUT2D eigenvalue weighted by Gasteiger charge is 2.44. The number of benzene rings is 1. The molecular weight excluding hydrogens is 303 g/mol. The fourth-order valence-electron chi connectivity index (χ4n) is 1.84. The standard InChI is InChI=1S/C12H12BrFN2O2/c1-12(13)10(15-16(2)11(12)17)7-4-5-9(18-3)8(14)6-7/h4-6H,1-3H3. The van der Waals surface area contributed by atoms with Crippen LogP contribution in [0.25, 0.3) is 0 Å². The van der Waals surface area contributed by atoms with Gasteiger partial charge >= 0.3 is 0 Å². The summed E-state index contributed by atoms with van der Waals surface area (Å²) >= 11 is 3.34. The van der Waals surface area contributed by atoms with E-state index in [1.165, 1.54) is 24.3 Å². The van der Waals surface area contributed by atoms with E-state index < -0.39 is 10.1 Å². The summed E-state index contributed by atoms with van der Waals surface area (Å²) in [7, 11) is 2.96. The maximum absolute atomic E-state index is 13.7. The van der Waals surface area contributed by atoms with Crippen LogP contribution in [0.1, 0.15) is 12.5 Å². The lowest BCUT2D eigenvalue weighted by atomic mass is 9.98. The van der Waals surface area contributed by atoms with Crippen molar-refractivity contribution < 1.29 is 13.9 Å². The minimum Gasteiger partial charge on any atom is -0.494 e. The van der Waals surface area contributed by atoms with Crippen LogP contribution in [0, 0.1) is 5.82 Å². The van der Waals surface area contributed by atoms with Crippen molar-refractivity contribution in [3.63, 3.8) is 0 Å². The highest BCUT2D eigenvalue weighted by molar-refractivity contribution is 9.10. The van der Waals surface area contributed by atoms with E-state index in [-0.39, 0.29) is 11.7 Å². The quantitative estimate of drug-likeness (QED) is 0.785. The van der Waals surface area contributed by atoms with Gasteiger partial charge in [0.2, 0.25) is 0 Å². The molecule has 96 valence electrons. The van der Waals surface area contributed by atoms with Crippen molar-refractivity contribution in [1.29, 1.82) is 0 Å². The molecule has 0 fully saturated rings. The van der Waals surface area contributed by atoms with Gasteiger partial charge in [-0.05, 0) is 25.1 Å². The van der Waals surface area contributed by atoms with E-state index >= 15 is 0 Å². The Bertz CT molecular complexity index is 543. The van der Waals surface area contributed by atoms with E-state index in [1.54, 1.807) is 20.0 Å². The van der Waals surface area contributed by atoms with Crippen molar-refractivity contribution in [3.8, 4) is 5.75 Å². The van der Waals surface area contributed by atoms with Crippen LogP contribution in [-0.4, -0.2) is 35.1 Å². The third-order valence-electron chi connectivity index (χ3n) is 2.82. The molecule has 1 amide bonds. The second-order valence-electron chi connectivity index (χ2n) is 4.13. The van der Waals surface area contributed by atoms with E-state index in [1.807, 2.05) is 0 Å². The number of nitrogens with zero attached hydrogens (tertiary/aromatic N) is 2. The Morgan fingerprint density at radius 3 is 2.61 bits per heavy atom. The van der Waals surface area contributed by atoms with Crippen molar-refractivity contribution in [2.45, 2.75) is 11.2 Å². The first kappa shape index (κ1) is 13.0. The van der Waals surface area contributed by atoms with Gasteiger partial charge in [0.15, 0.2) is 11.6 Å². The first-order valence-corrected chi connectivity index (χ1v) is 6.07. The Morgan fingerprint density at radius 2 is 2.17 bits per heavy atom. The SMILES string of the molecule is COc1ccc(C2=NN(C)C(=O)C2(C)Br)cc1F. The minimum atomic E-state index is -0.928. The van der Waals surface area contributed by atoms with E-state index in [0.717, 1.165) is 0 Å². The molecule has 1 unspecified atom stereocenters. The normalized spacial score (nSPS) is 23.3. The number of hydrogen-bond donors (Lipinski definition) is 0. The van der Waals surface area contributed by atoms with Crippen LogP contribution in [0.2, 0.25) is 0 Å². The van der Waals surface area contributed by atoms with E-state index in [2.05, 4.69) is 21.0 Å². The summed E-state index contributed by atoms with van der Waals surface area (Å²) in [5.74, 6) is -0.509. The highest BCUT2D eigenvalue weighted by atomic mass is 79.9. The fourth-order valence-corrected chi connectivity index (χ4v) is 2.40. The van der Waals surface area contributed by atoms with Crippen molar-refractivity contribution in [1.82, 2.24) is 5.01 Å². The molecule has 0 bridgehead atoms. The van der Waals surface area contributed by atoms with Gasteiger partial charge in [-0.25, -0.2) is 9.40 Å². The maximum atomic E-state index is 13.7. The summed E-state index contributed by atoms with van der Waals surface area (Å²) in [6, 6.07) is 4.50. The van der Waals surface area contributed by atoms with E-state index in [4.69, 9.17) is 4.74 Å². The molecule has 1 aliphatic rings. The summed E-state index contributed by atoms with van der Waals surface area (Å²) in [4.78, 5) is 11.9. The number of methoxy groups -OCH3 is 1. The number of halogens is 2. The molecule has 6 heteroatoms. The third kappa shape index (κ3) is 1.90. The third-order valence-corrected chi connectivity index (χ3v) is 3.53. The molecule has 4 nitrogen and oxygen atoms in total. The molecule has 0 saturated carbocycles. The number of amides is 1. The van der Waals surface area contributed by atoms with Crippen LogP contribution in [0.5, 0.6) is 5.75 Å². The lowest BCUT2D eigenvalue weighted by Crippen LogP contribution is -2.37. The Labute approximate surface area is 113 Å². The average Bonchev–Trinajstić information content (AvgIpc) is 2.53. The monoisotopic (exact) mass is 314 g/mol. The van der Waals surface area contributed by atoms with Crippen LogP contribution in [-0.2, 0) is 4.79 Å². The Balaban J connectivity index is 2.47. The van der Waals surface area contributed by atoms with Crippen LogP contribution in [0.3, 0.4) is 0 Å². The number of rotatable bonds is 2. The highest BCUT2D eigenvalue weighted by Crippen LogP contribution is 2.32. The summed E-state index contributed by atoms with van der Waals surface area (Å²) in [5.41, 5.74) is 1.03. The topological polar surface area (TPSA) is 41.9 Å². The van der Waals surface area contributed by atoms with Crippen molar-refractivity contribution in [2.24, 2.45) is 5.10 Å². The largest absolute Gasteiger partial charge is 0.494 e. The lowest BCUT2D eigenvalue weighted by molar-refractivity contribution is -0.128. The van der Waals surface area contributed by atoms with Crippen molar-refractivity contribution in [3.05, 3.63) is 29.6 Å². The zero-order chi connectivity index (χ0) is 13.5. The Kier molecular flexibility index (Phi) is 3.14. The number of alkyl halides is 1. The number of carbonyl (C=O) groups excluding carboxylic acids is 1. The Hall–Kier alpha value is -1.43. The van der Waals surface area contributed by atoms with Crippen molar-refractivity contribution >= 4 is 27.5 Å². The van der Waals surface area contributed by atoms with Gasteiger partial charge in [-0.3, -0.25) is 4.79 Å². The molecule has 1 aromatic carbocycles. The number of ether oxygens (including phenoxy) is 1.